The molecule has 1 heterocycles. The summed E-state index contributed by atoms with van der Waals surface area (Å²) < 4.78 is 23.1. The molecule has 1 aliphatic heterocycles. The van der Waals surface area contributed by atoms with Crippen molar-refractivity contribution in [2.24, 2.45) is 5.92 Å². The highest BCUT2D eigenvalue weighted by Crippen LogP contribution is 2.19. The molecular weight excluding hydrogens is 288 g/mol. The molecule has 1 amide bonds. The molecule has 0 unspecified atom stereocenters. The Kier molecular flexibility index (Phi) is 5.00. The molecule has 0 aromatic heterocycles. The number of nitrogens with zero attached hydrogens (tertiary/aromatic N) is 1. The summed E-state index contributed by atoms with van der Waals surface area (Å²) in [6.07, 6.45) is 3.12. The molecule has 0 bridgehead atoms. The zero-order valence-corrected chi connectivity index (χ0v) is 13.3. The summed E-state index contributed by atoms with van der Waals surface area (Å²) in [6, 6.07) is 6.29. The summed E-state index contributed by atoms with van der Waals surface area (Å²) in [7, 11) is -1.35. The molecule has 0 radical (unpaired) electrons. The largest absolute Gasteiger partial charge is 0.339 e. The van der Waals surface area contributed by atoms with Gasteiger partial charge in [-0.3, -0.25) is 4.79 Å². The lowest BCUT2D eigenvalue weighted by molar-refractivity contribution is 0.0690. The number of hydrogen-bond acceptors (Lipinski definition) is 4. The van der Waals surface area contributed by atoms with Crippen LogP contribution in [0.1, 0.15) is 23.2 Å². The normalized spacial score (nSPS) is 17.0. The Morgan fingerprint density at radius 1 is 1.33 bits per heavy atom. The first kappa shape index (κ1) is 16.0. The van der Waals surface area contributed by atoms with E-state index in [9.17, 15) is 13.2 Å². The zero-order chi connectivity index (χ0) is 15.5. The van der Waals surface area contributed by atoms with Crippen LogP contribution in [0.3, 0.4) is 0 Å². The van der Waals surface area contributed by atoms with Crippen LogP contribution in [-0.4, -0.2) is 52.2 Å². The molecule has 116 valence electrons. The molecular formula is C15H22N2O3S. The van der Waals surface area contributed by atoms with Gasteiger partial charge < -0.3 is 10.2 Å². The summed E-state index contributed by atoms with van der Waals surface area (Å²) >= 11 is 0. The van der Waals surface area contributed by atoms with Gasteiger partial charge in [-0.05, 0) is 50.6 Å². The quantitative estimate of drug-likeness (QED) is 0.906. The van der Waals surface area contributed by atoms with Gasteiger partial charge in [0.15, 0.2) is 9.84 Å². The molecule has 0 aliphatic carbocycles. The van der Waals surface area contributed by atoms with Gasteiger partial charge in [0, 0.05) is 24.9 Å². The Balaban J connectivity index is 2.08. The lowest BCUT2D eigenvalue weighted by atomic mass is 9.96. The molecule has 5 nitrogen and oxygen atoms in total. The van der Waals surface area contributed by atoms with Crippen LogP contribution in [-0.2, 0) is 9.84 Å². The molecule has 1 aromatic rings. The smallest absolute Gasteiger partial charge is 0.253 e. The highest BCUT2D eigenvalue weighted by molar-refractivity contribution is 7.90. The van der Waals surface area contributed by atoms with Crippen LogP contribution < -0.4 is 5.32 Å². The predicted molar refractivity (Wildman–Crippen MR) is 82.1 cm³/mol. The van der Waals surface area contributed by atoms with E-state index in [2.05, 4.69) is 5.32 Å². The third kappa shape index (κ3) is 4.04. The van der Waals surface area contributed by atoms with Crippen molar-refractivity contribution in [3.8, 4) is 0 Å². The van der Waals surface area contributed by atoms with E-state index in [0.717, 1.165) is 38.7 Å². The summed E-state index contributed by atoms with van der Waals surface area (Å²) in [5, 5.41) is 3.17. The maximum Gasteiger partial charge on any atom is 0.253 e. The van der Waals surface area contributed by atoms with Crippen LogP contribution in [0.15, 0.2) is 29.2 Å². The van der Waals surface area contributed by atoms with Crippen molar-refractivity contribution in [1.29, 1.82) is 0 Å². The number of benzene rings is 1. The molecule has 0 saturated carbocycles. The van der Waals surface area contributed by atoms with Gasteiger partial charge in [-0.15, -0.1) is 0 Å². The molecule has 1 N–H and O–H groups in total. The summed E-state index contributed by atoms with van der Waals surface area (Å²) in [5.74, 6) is 0.532. The number of hydrogen-bond donors (Lipinski definition) is 1. The van der Waals surface area contributed by atoms with Crippen LogP contribution in [0.2, 0.25) is 0 Å². The first-order valence-corrected chi connectivity index (χ1v) is 9.05. The maximum absolute atomic E-state index is 12.5. The SMILES string of the molecule is CNCC1CCN(C(=O)c2cccc(S(C)(=O)=O)c2)CC1. The van der Waals surface area contributed by atoms with Gasteiger partial charge in [0.05, 0.1) is 4.90 Å². The molecule has 1 saturated heterocycles. The second-order valence-corrected chi connectivity index (χ2v) is 7.61. The average Bonchev–Trinajstić information content (AvgIpc) is 2.47. The van der Waals surface area contributed by atoms with E-state index < -0.39 is 9.84 Å². The second-order valence-electron chi connectivity index (χ2n) is 5.59. The van der Waals surface area contributed by atoms with Crippen molar-refractivity contribution in [2.45, 2.75) is 17.7 Å². The highest BCUT2D eigenvalue weighted by atomic mass is 32.2. The Bertz CT molecular complexity index is 605. The summed E-state index contributed by atoms with van der Waals surface area (Å²) in [6.45, 7) is 2.44. The number of carbonyl (C=O) groups is 1. The van der Waals surface area contributed by atoms with Crippen molar-refractivity contribution in [1.82, 2.24) is 10.2 Å². The first-order valence-electron chi connectivity index (χ1n) is 7.16. The topological polar surface area (TPSA) is 66.5 Å². The molecule has 2 rings (SSSR count). The highest BCUT2D eigenvalue weighted by Gasteiger charge is 2.23. The number of likely N-dealkylation sites (tertiary alicyclic amines) is 1. The summed E-state index contributed by atoms with van der Waals surface area (Å²) in [5.41, 5.74) is 0.449. The Morgan fingerprint density at radius 2 is 2.00 bits per heavy atom. The number of sulfone groups is 1. The molecule has 21 heavy (non-hydrogen) atoms. The maximum atomic E-state index is 12.5. The predicted octanol–water partition coefficient (Wildman–Crippen LogP) is 1.16. The lowest BCUT2D eigenvalue weighted by Gasteiger charge is -2.32. The fraction of sp³-hybridized carbons (Fsp3) is 0.533. The molecule has 1 aromatic carbocycles. The Morgan fingerprint density at radius 3 is 2.57 bits per heavy atom. The van der Waals surface area contributed by atoms with Crippen LogP contribution >= 0.6 is 0 Å². The molecule has 0 atom stereocenters. The standard InChI is InChI=1S/C15H22N2O3S/c1-16-11-12-6-8-17(9-7-12)15(18)13-4-3-5-14(10-13)21(2,19)20/h3-5,10,12,16H,6-9,11H2,1-2H3. The number of rotatable bonds is 4. The van der Waals surface area contributed by atoms with Gasteiger partial charge >= 0.3 is 0 Å². The van der Waals surface area contributed by atoms with E-state index >= 15 is 0 Å². The number of nitrogens with one attached hydrogen (secondary N) is 1. The van der Waals surface area contributed by atoms with E-state index in [0.29, 0.717) is 11.5 Å². The van der Waals surface area contributed by atoms with Crippen molar-refractivity contribution >= 4 is 15.7 Å². The lowest BCUT2D eigenvalue weighted by Crippen LogP contribution is -2.40. The number of carbonyl (C=O) groups excluding carboxylic acids is 1. The van der Waals surface area contributed by atoms with Crippen molar-refractivity contribution in [3.05, 3.63) is 29.8 Å². The minimum atomic E-state index is -3.28. The van der Waals surface area contributed by atoms with Crippen molar-refractivity contribution in [3.63, 3.8) is 0 Å². The van der Waals surface area contributed by atoms with E-state index in [1.165, 1.54) is 12.1 Å². The van der Waals surface area contributed by atoms with E-state index in [1.807, 2.05) is 11.9 Å². The molecule has 6 heteroatoms. The number of piperidine rings is 1. The Hall–Kier alpha value is -1.40. The summed E-state index contributed by atoms with van der Waals surface area (Å²) in [4.78, 5) is 14.5. The van der Waals surface area contributed by atoms with Gasteiger partial charge in [-0.1, -0.05) is 6.07 Å². The van der Waals surface area contributed by atoms with Gasteiger partial charge in [0.2, 0.25) is 0 Å². The minimum Gasteiger partial charge on any atom is -0.339 e. The fourth-order valence-corrected chi connectivity index (χ4v) is 3.34. The van der Waals surface area contributed by atoms with Gasteiger partial charge in [-0.2, -0.15) is 0 Å². The van der Waals surface area contributed by atoms with Crippen LogP contribution in [0.5, 0.6) is 0 Å². The monoisotopic (exact) mass is 310 g/mol. The second kappa shape index (κ2) is 6.58. The van der Waals surface area contributed by atoms with E-state index in [1.54, 1.807) is 12.1 Å². The minimum absolute atomic E-state index is 0.0802. The van der Waals surface area contributed by atoms with Crippen molar-refractivity contribution < 1.29 is 13.2 Å². The Labute approximate surface area is 126 Å². The average molecular weight is 310 g/mol. The number of amides is 1. The third-order valence-corrected chi connectivity index (χ3v) is 5.01. The van der Waals surface area contributed by atoms with Gasteiger partial charge in [0.1, 0.15) is 0 Å². The van der Waals surface area contributed by atoms with E-state index in [4.69, 9.17) is 0 Å². The molecule has 1 aliphatic rings. The van der Waals surface area contributed by atoms with Crippen LogP contribution in [0.4, 0.5) is 0 Å². The van der Waals surface area contributed by atoms with Gasteiger partial charge in [0.25, 0.3) is 5.91 Å². The zero-order valence-electron chi connectivity index (χ0n) is 12.5. The van der Waals surface area contributed by atoms with Gasteiger partial charge in [-0.25, -0.2) is 8.42 Å². The first-order chi connectivity index (χ1) is 9.91. The van der Waals surface area contributed by atoms with Crippen LogP contribution in [0, 0.1) is 5.92 Å². The van der Waals surface area contributed by atoms with Crippen LogP contribution in [0.25, 0.3) is 0 Å². The molecule has 0 spiro atoms. The molecule has 1 fully saturated rings. The fourth-order valence-electron chi connectivity index (χ4n) is 2.67. The van der Waals surface area contributed by atoms with Crippen molar-refractivity contribution in [2.75, 3.05) is 32.9 Å². The third-order valence-electron chi connectivity index (χ3n) is 3.90. The van der Waals surface area contributed by atoms with E-state index in [-0.39, 0.29) is 10.8 Å².